The molecule has 1 aliphatic carbocycles. The number of nitrogens with one attached hydrogen (secondary N) is 1. The summed E-state index contributed by atoms with van der Waals surface area (Å²) in [6.07, 6.45) is 3.82. The number of hydrogen-bond donors (Lipinski definition) is 1. The molecule has 7 nitrogen and oxygen atoms in total. The lowest BCUT2D eigenvalue weighted by Gasteiger charge is -2.32. The average molecular weight is 472 g/mol. The highest BCUT2D eigenvalue weighted by atomic mass is 32.2. The Balaban J connectivity index is 1.45. The maximum Gasteiger partial charge on any atom is 0.265 e. The summed E-state index contributed by atoms with van der Waals surface area (Å²) in [7, 11) is -1.64. The van der Waals surface area contributed by atoms with E-state index < -0.39 is 16.1 Å². The number of nitrogens with zero attached hydrogens (tertiary/aromatic N) is 2. The maximum absolute atomic E-state index is 13.2. The lowest BCUT2D eigenvalue weighted by Crippen LogP contribution is -2.47. The largest absolute Gasteiger partial charge is 0.481 e. The summed E-state index contributed by atoms with van der Waals surface area (Å²) in [5.74, 6) is 0.361. The van der Waals surface area contributed by atoms with Crippen LogP contribution in [0.3, 0.4) is 0 Å². The number of hydrogen-bond acceptors (Lipinski definition) is 5. The normalized spacial score (nSPS) is 18.4. The fourth-order valence-electron chi connectivity index (χ4n) is 4.41. The summed E-state index contributed by atoms with van der Waals surface area (Å²) in [4.78, 5) is 15.1. The van der Waals surface area contributed by atoms with Crippen LogP contribution in [-0.2, 0) is 27.7 Å². The number of benzene rings is 2. The molecule has 0 saturated carbocycles. The minimum atomic E-state index is -3.63. The molecule has 1 amide bonds. The first-order valence-electron chi connectivity index (χ1n) is 11.6. The van der Waals surface area contributed by atoms with Gasteiger partial charge in [0.05, 0.1) is 4.90 Å². The summed E-state index contributed by atoms with van der Waals surface area (Å²) in [6.45, 7) is 5.79. The number of piperazine rings is 1. The molecule has 2 aromatic rings. The van der Waals surface area contributed by atoms with E-state index in [4.69, 9.17) is 4.74 Å². The van der Waals surface area contributed by atoms with E-state index in [2.05, 4.69) is 16.3 Å². The first kappa shape index (κ1) is 23.7. The molecule has 2 aliphatic rings. The standard InChI is InChI=1S/C25H33N3O4S/c1-18-8-10-22(17-24(18)33(30,31)28-14-12-27(3)13-15-28)26-25(29)19(2)32-23-11-9-20-6-4-5-7-21(20)16-23/h8-11,16-17,19H,4-7,12-15H2,1-3H3,(H,26,29)/t19-/m1/s1. The molecule has 178 valence electrons. The van der Waals surface area contributed by atoms with E-state index in [1.165, 1.54) is 28.3 Å². The van der Waals surface area contributed by atoms with Gasteiger partial charge in [0.15, 0.2) is 6.10 Å². The van der Waals surface area contributed by atoms with E-state index in [-0.39, 0.29) is 10.8 Å². The van der Waals surface area contributed by atoms with Crippen molar-refractivity contribution in [1.29, 1.82) is 0 Å². The van der Waals surface area contributed by atoms with Gasteiger partial charge in [0.1, 0.15) is 5.75 Å². The highest BCUT2D eigenvalue weighted by molar-refractivity contribution is 7.89. The third-order valence-corrected chi connectivity index (χ3v) is 8.58. The van der Waals surface area contributed by atoms with E-state index in [9.17, 15) is 13.2 Å². The Morgan fingerprint density at radius 1 is 1.00 bits per heavy atom. The fourth-order valence-corrected chi connectivity index (χ4v) is 6.08. The molecule has 1 fully saturated rings. The van der Waals surface area contributed by atoms with Crippen molar-refractivity contribution in [2.24, 2.45) is 0 Å². The molecule has 1 aliphatic heterocycles. The number of aryl methyl sites for hydroxylation is 3. The topological polar surface area (TPSA) is 78.9 Å². The second-order valence-corrected chi connectivity index (χ2v) is 11.0. The second kappa shape index (κ2) is 9.83. The van der Waals surface area contributed by atoms with Crippen molar-refractivity contribution in [3.05, 3.63) is 53.1 Å². The number of fused-ring (bicyclic) bond motifs is 1. The summed E-state index contributed by atoms with van der Waals surface area (Å²) < 4.78 is 33.8. The van der Waals surface area contributed by atoms with E-state index >= 15 is 0 Å². The molecule has 2 aromatic carbocycles. The molecule has 0 radical (unpaired) electrons. The van der Waals surface area contributed by atoms with Gasteiger partial charge in [0.2, 0.25) is 10.0 Å². The minimum absolute atomic E-state index is 0.230. The minimum Gasteiger partial charge on any atom is -0.481 e. The Labute approximate surface area is 196 Å². The van der Waals surface area contributed by atoms with Crippen LogP contribution in [0.4, 0.5) is 5.69 Å². The smallest absolute Gasteiger partial charge is 0.265 e. The molecule has 0 bridgehead atoms. The van der Waals surface area contributed by atoms with Crippen molar-refractivity contribution < 1.29 is 17.9 Å². The van der Waals surface area contributed by atoms with Gasteiger partial charge in [-0.25, -0.2) is 8.42 Å². The Morgan fingerprint density at radius 3 is 2.42 bits per heavy atom. The fraction of sp³-hybridized carbons (Fsp3) is 0.480. The van der Waals surface area contributed by atoms with Crippen LogP contribution in [0.15, 0.2) is 41.3 Å². The van der Waals surface area contributed by atoms with Crippen molar-refractivity contribution in [1.82, 2.24) is 9.21 Å². The Kier molecular flexibility index (Phi) is 7.07. The maximum atomic E-state index is 13.2. The van der Waals surface area contributed by atoms with Gasteiger partial charge in [-0.3, -0.25) is 4.79 Å². The number of sulfonamides is 1. The number of rotatable bonds is 6. The van der Waals surface area contributed by atoms with Crippen LogP contribution in [0, 0.1) is 6.92 Å². The van der Waals surface area contributed by atoms with Crippen LogP contribution in [0.5, 0.6) is 5.75 Å². The predicted molar refractivity (Wildman–Crippen MR) is 129 cm³/mol. The summed E-state index contributed by atoms with van der Waals surface area (Å²) in [5, 5.41) is 2.82. The van der Waals surface area contributed by atoms with E-state index in [0.29, 0.717) is 43.2 Å². The molecular formula is C25H33N3O4S. The van der Waals surface area contributed by atoms with Crippen molar-refractivity contribution in [2.45, 2.75) is 50.5 Å². The van der Waals surface area contributed by atoms with Gasteiger partial charge in [-0.1, -0.05) is 12.1 Å². The molecule has 1 saturated heterocycles. The number of carbonyl (C=O) groups excluding carboxylic acids is 1. The van der Waals surface area contributed by atoms with Crippen molar-refractivity contribution in [3.63, 3.8) is 0 Å². The molecule has 8 heteroatoms. The van der Waals surface area contributed by atoms with Crippen molar-refractivity contribution in [2.75, 3.05) is 38.5 Å². The number of anilines is 1. The number of carbonyl (C=O) groups is 1. The van der Waals surface area contributed by atoms with E-state index in [0.717, 1.165) is 12.8 Å². The number of likely N-dealkylation sites (N-methyl/N-ethyl adjacent to an activating group) is 1. The van der Waals surface area contributed by atoms with E-state index in [1.54, 1.807) is 32.0 Å². The zero-order valence-corrected chi connectivity index (χ0v) is 20.5. The molecule has 1 heterocycles. The molecule has 1 atom stereocenters. The van der Waals surface area contributed by atoms with Crippen LogP contribution in [0.1, 0.15) is 36.5 Å². The molecule has 0 spiro atoms. The van der Waals surface area contributed by atoms with Crippen LogP contribution in [-0.4, -0.2) is 62.9 Å². The second-order valence-electron chi connectivity index (χ2n) is 9.07. The number of ether oxygens (including phenoxy) is 1. The van der Waals surface area contributed by atoms with Crippen molar-refractivity contribution >= 4 is 21.6 Å². The van der Waals surface area contributed by atoms with Gasteiger partial charge in [-0.05, 0) is 87.5 Å². The summed E-state index contributed by atoms with van der Waals surface area (Å²) in [5.41, 5.74) is 3.76. The summed E-state index contributed by atoms with van der Waals surface area (Å²) >= 11 is 0. The first-order valence-corrected chi connectivity index (χ1v) is 13.1. The molecule has 33 heavy (non-hydrogen) atoms. The lowest BCUT2D eigenvalue weighted by atomic mass is 9.92. The molecule has 4 rings (SSSR count). The number of amides is 1. The van der Waals surface area contributed by atoms with Gasteiger partial charge in [-0.15, -0.1) is 0 Å². The van der Waals surface area contributed by atoms with Crippen molar-refractivity contribution in [3.8, 4) is 5.75 Å². The monoisotopic (exact) mass is 471 g/mol. The zero-order valence-electron chi connectivity index (χ0n) is 19.6. The van der Waals surface area contributed by atoms with Crippen LogP contribution in [0.25, 0.3) is 0 Å². The third-order valence-electron chi connectivity index (χ3n) is 6.54. The predicted octanol–water partition coefficient (Wildman–Crippen LogP) is 3.22. The Morgan fingerprint density at radius 2 is 1.70 bits per heavy atom. The Hall–Kier alpha value is -2.42. The molecule has 1 N–H and O–H groups in total. The molecule has 0 aromatic heterocycles. The summed E-state index contributed by atoms with van der Waals surface area (Å²) in [6, 6.07) is 11.0. The van der Waals surface area contributed by atoms with Gasteiger partial charge in [0, 0.05) is 31.9 Å². The van der Waals surface area contributed by atoms with Crippen LogP contribution < -0.4 is 10.1 Å². The van der Waals surface area contributed by atoms with Crippen LogP contribution >= 0.6 is 0 Å². The zero-order chi connectivity index (χ0) is 23.6. The van der Waals surface area contributed by atoms with Crippen LogP contribution in [0.2, 0.25) is 0 Å². The highest BCUT2D eigenvalue weighted by Gasteiger charge is 2.29. The first-order chi connectivity index (χ1) is 15.7. The lowest BCUT2D eigenvalue weighted by molar-refractivity contribution is -0.122. The quantitative estimate of drug-likeness (QED) is 0.700. The highest BCUT2D eigenvalue weighted by Crippen LogP contribution is 2.27. The van der Waals surface area contributed by atoms with Gasteiger partial charge in [0.25, 0.3) is 5.91 Å². The SMILES string of the molecule is Cc1ccc(NC(=O)[C@@H](C)Oc2ccc3c(c2)CCCC3)cc1S(=O)(=O)N1CCN(C)CC1. The van der Waals surface area contributed by atoms with Gasteiger partial charge in [-0.2, -0.15) is 4.31 Å². The third kappa shape index (κ3) is 5.39. The average Bonchev–Trinajstić information content (AvgIpc) is 2.80. The van der Waals surface area contributed by atoms with Gasteiger partial charge < -0.3 is 15.0 Å². The van der Waals surface area contributed by atoms with E-state index in [1.807, 2.05) is 19.2 Å². The molecule has 0 unspecified atom stereocenters. The van der Waals surface area contributed by atoms with Gasteiger partial charge >= 0.3 is 0 Å². The molecular weight excluding hydrogens is 438 g/mol. The Bertz CT molecular complexity index is 1120.